The molecule has 0 saturated heterocycles. The summed E-state index contributed by atoms with van der Waals surface area (Å²) in [4.78, 5) is 5.14. The van der Waals surface area contributed by atoms with Crippen molar-refractivity contribution >= 4 is 15.9 Å². The summed E-state index contributed by atoms with van der Waals surface area (Å²) in [6.07, 6.45) is 5.92. The number of alkyl halides is 1. The molecule has 1 saturated carbocycles. The summed E-state index contributed by atoms with van der Waals surface area (Å²) in [5.41, 5.74) is 1.18. The molecule has 2 heterocycles. The minimum atomic E-state index is -0.0293. The molecule has 1 aliphatic rings. The maximum atomic E-state index is 5.41. The summed E-state index contributed by atoms with van der Waals surface area (Å²) in [6.45, 7) is 6.21. The van der Waals surface area contributed by atoms with Crippen LogP contribution in [0.15, 0.2) is 16.9 Å². The van der Waals surface area contributed by atoms with Crippen molar-refractivity contribution in [3.05, 3.63) is 29.7 Å². The van der Waals surface area contributed by atoms with Gasteiger partial charge < -0.3 is 4.52 Å². The Kier molecular flexibility index (Phi) is 3.00. The van der Waals surface area contributed by atoms with Gasteiger partial charge in [-0.15, -0.1) is 0 Å². The molecule has 19 heavy (non-hydrogen) atoms. The van der Waals surface area contributed by atoms with E-state index in [0.29, 0.717) is 10.7 Å². The van der Waals surface area contributed by atoms with Crippen molar-refractivity contribution in [2.24, 2.45) is 0 Å². The van der Waals surface area contributed by atoms with Gasteiger partial charge >= 0.3 is 0 Å². The lowest BCUT2D eigenvalue weighted by molar-refractivity contribution is 0.257. The molecule has 6 heteroatoms. The van der Waals surface area contributed by atoms with Crippen molar-refractivity contribution in [3.63, 3.8) is 0 Å². The second-order valence-electron chi connectivity index (χ2n) is 5.70. The molecule has 0 bridgehead atoms. The molecule has 1 aliphatic carbocycles. The third-order valence-electron chi connectivity index (χ3n) is 3.81. The fraction of sp³-hybridized carbons (Fsp3) is 0.615. The van der Waals surface area contributed by atoms with E-state index >= 15 is 0 Å². The molecular weight excluding hydrogens is 308 g/mol. The minimum absolute atomic E-state index is 0.0293. The van der Waals surface area contributed by atoms with Crippen LogP contribution in [0.5, 0.6) is 0 Å². The molecule has 0 radical (unpaired) electrons. The number of rotatable bonds is 3. The van der Waals surface area contributed by atoms with Gasteiger partial charge in [0, 0.05) is 16.4 Å². The summed E-state index contributed by atoms with van der Waals surface area (Å²) in [7, 11) is 0. The highest BCUT2D eigenvalue weighted by Crippen LogP contribution is 2.45. The van der Waals surface area contributed by atoms with Crippen molar-refractivity contribution in [3.8, 4) is 0 Å². The van der Waals surface area contributed by atoms with Gasteiger partial charge in [-0.2, -0.15) is 10.1 Å². The Labute approximate surface area is 120 Å². The van der Waals surface area contributed by atoms with E-state index in [-0.39, 0.29) is 11.5 Å². The van der Waals surface area contributed by atoms with Crippen molar-refractivity contribution in [2.45, 2.75) is 49.9 Å². The van der Waals surface area contributed by atoms with E-state index in [1.807, 2.05) is 30.9 Å². The average Bonchev–Trinajstić information content (AvgIpc) is 2.94. The first-order valence-corrected chi connectivity index (χ1v) is 7.38. The van der Waals surface area contributed by atoms with E-state index in [4.69, 9.17) is 4.52 Å². The smallest absolute Gasteiger partial charge is 0.251 e. The zero-order valence-electron chi connectivity index (χ0n) is 11.3. The van der Waals surface area contributed by atoms with E-state index in [1.54, 1.807) is 0 Å². The predicted molar refractivity (Wildman–Crippen MR) is 74.4 cm³/mol. The molecule has 1 atom stereocenters. The standard InChI is InChI=1S/C13H17BrN4O/c1-8-6-15-18(7-8)9(2)11-16-12(17-19-11)13(3)4-10(14)5-13/h6-7,9-10H,4-5H2,1-3H3. The Hall–Kier alpha value is -1.17. The molecule has 3 rings (SSSR count). The Morgan fingerprint density at radius 3 is 2.84 bits per heavy atom. The lowest BCUT2D eigenvalue weighted by Crippen LogP contribution is -2.39. The highest BCUT2D eigenvalue weighted by atomic mass is 79.9. The van der Waals surface area contributed by atoms with Crippen LogP contribution in [-0.4, -0.2) is 24.7 Å². The van der Waals surface area contributed by atoms with Crippen molar-refractivity contribution in [1.29, 1.82) is 0 Å². The molecular formula is C13H17BrN4O. The predicted octanol–water partition coefficient (Wildman–Crippen LogP) is 3.00. The monoisotopic (exact) mass is 324 g/mol. The van der Waals surface area contributed by atoms with Gasteiger partial charge in [-0.3, -0.25) is 4.68 Å². The summed E-state index contributed by atoms with van der Waals surface area (Å²) in [5.74, 6) is 1.44. The van der Waals surface area contributed by atoms with Gasteiger partial charge in [0.1, 0.15) is 6.04 Å². The molecule has 1 fully saturated rings. The quantitative estimate of drug-likeness (QED) is 0.814. The summed E-state index contributed by atoms with van der Waals surface area (Å²) in [5, 5.41) is 8.44. The lowest BCUT2D eigenvalue weighted by atomic mass is 9.70. The zero-order valence-corrected chi connectivity index (χ0v) is 12.9. The summed E-state index contributed by atoms with van der Waals surface area (Å²) >= 11 is 3.61. The average molecular weight is 325 g/mol. The largest absolute Gasteiger partial charge is 0.337 e. The normalized spacial score (nSPS) is 28.1. The van der Waals surface area contributed by atoms with Crippen LogP contribution in [0.25, 0.3) is 0 Å². The maximum absolute atomic E-state index is 5.41. The number of halogens is 1. The number of hydrogen-bond donors (Lipinski definition) is 0. The molecule has 5 nitrogen and oxygen atoms in total. The van der Waals surface area contributed by atoms with Crippen LogP contribution in [0.2, 0.25) is 0 Å². The second-order valence-corrected chi connectivity index (χ2v) is 6.99. The number of aryl methyl sites for hydroxylation is 1. The molecule has 2 aromatic rings. The van der Waals surface area contributed by atoms with Crippen molar-refractivity contribution < 1.29 is 4.52 Å². The molecule has 0 aliphatic heterocycles. The van der Waals surface area contributed by atoms with Gasteiger partial charge in [-0.1, -0.05) is 28.0 Å². The number of hydrogen-bond acceptors (Lipinski definition) is 4. The summed E-state index contributed by atoms with van der Waals surface area (Å²) < 4.78 is 7.26. The molecule has 0 amide bonds. The second kappa shape index (κ2) is 4.44. The number of nitrogens with zero attached hydrogens (tertiary/aromatic N) is 4. The van der Waals surface area contributed by atoms with E-state index in [9.17, 15) is 0 Å². The van der Waals surface area contributed by atoms with Crippen LogP contribution in [0.3, 0.4) is 0 Å². The van der Waals surface area contributed by atoms with Crippen LogP contribution in [0.4, 0.5) is 0 Å². The molecule has 1 unspecified atom stereocenters. The number of aromatic nitrogens is 4. The first-order chi connectivity index (χ1) is 8.98. The molecule has 0 N–H and O–H groups in total. The highest BCUT2D eigenvalue weighted by molar-refractivity contribution is 9.09. The van der Waals surface area contributed by atoms with Crippen LogP contribution >= 0.6 is 15.9 Å². The van der Waals surface area contributed by atoms with Crippen molar-refractivity contribution in [1.82, 2.24) is 19.9 Å². The lowest BCUT2D eigenvalue weighted by Gasteiger charge is -2.39. The van der Waals surface area contributed by atoms with Gasteiger partial charge in [0.25, 0.3) is 5.89 Å². The van der Waals surface area contributed by atoms with Crippen LogP contribution in [-0.2, 0) is 5.41 Å². The Morgan fingerprint density at radius 1 is 1.53 bits per heavy atom. The SMILES string of the molecule is Cc1cnn(C(C)c2nc(C3(C)CC(Br)C3)no2)c1. The Bertz CT molecular complexity index is 585. The molecule has 2 aromatic heterocycles. The van der Waals surface area contributed by atoms with Crippen LogP contribution in [0.1, 0.15) is 50.0 Å². The fourth-order valence-corrected chi connectivity index (χ4v) is 3.94. The maximum Gasteiger partial charge on any atom is 0.251 e. The third-order valence-corrected chi connectivity index (χ3v) is 4.46. The van der Waals surface area contributed by atoms with Crippen LogP contribution < -0.4 is 0 Å². The Balaban J connectivity index is 1.81. The van der Waals surface area contributed by atoms with E-state index in [0.717, 1.165) is 24.2 Å². The van der Waals surface area contributed by atoms with Crippen molar-refractivity contribution in [2.75, 3.05) is 0 Å². The van der Waals surface area contributed by atoms with Gasteiger partial charge in [0.2, 0.25) is 0 Å². The fourth-order valence-electron chi connectivity index (χ4n) is 2.51. The molecule has 0 spiro atoms. The first kappa shape index (κ1) is 12.8. The van der Waals surface area contributed by atoms with E-state index in [2.05, 4.69) is 38.1 Å². The molecule has 102 valence electrons. The first-order valence-electron chi connectivity index (χ1n) is 6.47. The third kappa shape index (κ3) is 2.22. The summed E-state index contributed by atoms with van der Waals surface area (Å²) in [6, 6.07) is -0.0293. The van der Waals surface area contributed by atoms with Gasteiger partial charge in [-0.05, 0) is 32.3 Å². The van der Waals surface area contributed by atoms with Gasteiger partial charge in [-0.25, -0.2) is 0 Å². The van der Waals surface area contributed by atoms with E-state index in [1.165, 1.54) is 0 Å². The topological polar surface area (TPSA) is 56.7 Å². The van der Waals surface area contributed by atoms with Gasteiger partial charge in [0.05, 0.1) is 6.20 Å². The molecule has 0 aromatic carbocycles. The van der Waals surface area contributed by atoms with Gasteiger partial charge in [0.15, 0.2) is 5.82 Å². The minimum Gasteiger partial charge on any atom is -0.337 e. The Morgan fingerprint density at radius 2 is 2.26 bits per heavy atom. The van der Waals surface area contributed by atoms with E-state index < -0.39 is 0 Å². The zero-order chi connectivity index (χ0) is 13.6. The highest BCUT2D eigenvalue weighted by Gasteiger charge is 2.44. The van der Waals surface area contributed by atoms with Crippen LogP contribution in [0, 0.1) is 6.92 Å².